The number of hydrogen-bond acceptors (Lipinski definition) is 6. The zero-order chi connectivity index (χ0) is 14.1. The number of aromatic nitrogens is 2. The van der Waals surface area contributed by atoms with Crippen molar-refractivity contribution in [3.8, 4) is 10.7 Å². The SMILES string of the molecule is c1csc(-c2noc(CN3CCOCC3C3CCC3)n2)c1. The van der Waals surface area contributed by atoms with Crippen LogP contribution in [0.2, 0.25) is 0 Å². The second-order valence-electron chi connectivity index (χ2n) is 5.79. The van der Waals surface area contributed by atoms with Crippen molar-refractivity contribution in [3.05, 3.63) is 23.4 Å². The monoisotopic (exact) mass is 305 g/mol. The zero-order valence-corrected chi connectivity index (χ0v) is 12.7. The van der Waals surface area contributed by atoms with Gasteiger partial charge >= 0.3 is 0 Å². The van der Waals surface area contributed by atoms with Crippen LogP contribution in [0.5, 0.6) is 0 Å². The topological polar surface area (TPSA) is 51.4 Å². The first kappa shape index (κ1) is 13.4. The lowest BCUT2D eigenvalue weighted by Gasteiger charge is -2.43. The van der Waals surface area contributed by atoms with Crippen LogP contribution in [-0.4, -0.2) is 40.8 Å². The van der Waals surface area contributed by atoms with Crippen molar-refractivity contribution < 1.29 is 9.26 Å². The van der Waals surface area contributed by atoms with Crippen LogP contribution in [0, 0.1) is 5.92 Å². The molecule has 1 aliphatic carbocycles. The van der Waals surface area contributed by atoms with Crippen molar-refractivity contribution in [2.24, 2.45) is 5.92 Å². The van der Waals surface area contributed by atoms with E-state index in [-0.39, 0.29) is 0 Å². The molecular formula is C15H19N3O2S. The van der Waals surface area contributed by atoms with E-state index in [4.69, 9.17) is 9.26 Å². The van der Waals surface area contributed by atoms with Crippen LogP contribution in [0.4, 0.5) is 0 Å². The summed E-state index contributed by atoms with van der Waals surface area (Å²) < 4.78 is 11.1. The van der Waals surface area contributed by atoms with Gasteiger partial charge in [0.25, 0.3) is 0 Å². The van der Waals surface area contributed by atoms with Crippen LogP contribution in [-0.2, 0) is 11.3 Å². The first-order chi connectivity index (χ1) is 10.4. The van der Waals surface area contributed by atoms with Crippen molar-refractivity contribution in [2.75, 3.05) is 19.8 Å². The minimum atomic E-state index is 0.518. The second kappa shape index (κ2) is 5.87. The molecule has 5 nitrogen and oxygen atoms in total. The highest BCUT2D eigenvalue weighted by Gasteiger charge is 2.34. The third-order valence-corrected chi connectivity index (χ3v) is 5.39. The normalized spacial score (nSPS) is 24.1. The Morgan fingerprint density at radius 1 is 1.38 bits per heavy atom. The number of ether oxygens (including phenoxy) is 1. The number of nitrogens with zero attached hydrogens (tertiary/aromatic N) is 3. The molecule has 0 radical (unpaired) electrons. The molecule has 2 aromatic rings. The first-order valence-electron chi connectivity index (χ1n) is 7.58. The van der Waals surface area contributed by atoms with E-state index in [1.54, 1.807) is 11.3 Å². The van der Waals surface area contributed by atoms with E-state index in [0.717, 1.165) is 37.1 Å². The van der Waals surface area contributed by atoms with Crippen molar-refractivity contribution in [1.82, 2.24) is 15.0 Å². The van der Waals surface area contributed by atoms with Gasteiger partial charge in [-0.25, -0.2) is 0 Å². The average molecular weight is 305 g/mol. The predicted molar refractivity (Wildman–Crippen MR) is 80.0 cm³/mol. The molecule has 0 aromatic carbocycles. The van der Waals surface area contributed by atoms with E-state index >= 15 is 0 Å². The smallest absolute Gasteiger partial charge is 0.241 e. The van der Waals surface area contributed by atoms with Crippen LogP contribution in [0.1, 0.15) is 25.2 Å². The van der Waals surface area contributed by atoms with Gasteiger partial charge in [-0.05, 0) is 30.2 Å². The Hall–Kier alpha value is -1.24. The van der Waals surface area contributed by atoms with Crippen molar-refractivity contribution >= 4 is 11.3 Å². The molecule has 2 aliphatic rings. The predicted octanol–water partition coefficient (Wildman–Crippen LogP) is 2.80. The molecule has 21 heavy (non-hydrogen) atoms. The number of thiophene rings is 1. The molecule has 4 rings (SSSR count). The molecular weight excluding hydrogens is 286 g/mol. The molecule has 6 heteroatoms. The molecule has 0 N–H and O–H groups in total. The molecule has 112 valence electrons. The van der Waals surface area contributed by atoms with Gasteiger partial charge in [-0.15, -0.1) is 11.3 Å². The Labute approximate surface area is 127 Å². The molecule has 2 fully saturated rings. The molecule has 1 saturated carbocycles. The number of rotatable bonds is 4. The number of morpholine rings is 1. The molecule has 0 bridgehead atoms. The lowest BCUT2D eigenvalue weighted by atomic mass is 9.79. The summed E-state index contributed by atoms with van der Waals surface area (Å²) >= 11 is 1.64. The maximum absolute atomic E-state index is 5.66. The van der Waals surface area contributed by atoms with Gasteiger partial charge in [-0.1, -0.05) is 17.6 Å². The summed E-state index contributed by atoms with van der Waals surface area (Å²) in [5.41, 5.74) is 0. The molecule has 0 amide bonds. The van der Waals surface area contributed by atoms with E-state index in [9.17, 15) is 0 Å². The van der Waals surface area contributed by atoms with Gasteiger partial charge in [0.2, 0.25) is 11.7 Å². The van der Waals surface area contributed by atoms with Crippen LogP contribution in [0.3, 0.4) is 0 Å². The minimum Gasteiger partial charge on any atom is -0.378 e. The lowest BCUT2D eigenvalue weighted by Crippen LogP contribution is -2.50. The molecule has 1 saturated heterocycles. The van der Waals surface area contributed by atoms with Crippen molar-refractivity contribution in [3.63, 3.8) is 0 Å². The molecule has 1 aliphatic heterocycles. The third kappa shape index (κ3) is 2.75. The summed E-state index contributed by atoms with van der Waals surface area (Å²) in [4.78, 5) is 8.05. The van der Waals surface area contributed by atoms with Gasteiger partial charge in [0.05, 0.1) is 24.6 Å². The van der Waals surface area contributed by atoms with Crippen molar-refractivity contribution in [2.45, 2.75) is 31.8 Å². The van der Waals surface area contributed by atoms with Gasteiger partial charge in [-0.2, -0.15) is 4.98 Å². The lowest BCUT2D eigenvalue weighted by molar-refractivity contribution is -0.0520. The highest BCUT2D eigenvalue weighted by Crippen LogP contribution is 2.34. The maximum Gasteiger partial charge on any atom is 0.241 e. The maximum atomic E-state index is 5.66. The van der Waals surface area contributed by atoms with Gasteiger partial charge in [-0.3, -0.25) is 4.90 Å². The quantitative estimate of drug-likeness (QED) is 0.869. The fourth-order valence-corrected chi connectivity index (χ4v) is 3.76. The fourth-order valence-electron chi connectivity index (χ4n) is 3.11. The molecule has 0 spiro atoms. The summed E-state index contributed by atoms with van der Waals surface area (Å²) in [7, 11) is 0. The third-order valence-electron chi connectivity index (χ3n) is 4.52. The Morgan fingerprint density at radius 3 is 3.10 bits per heavy atom. The summed E-state index contributed by atoms with van der Waals surface area (Å²) in [6, 6.07) is 4.54. The van der Waals surface area contributed by atoms with Gasteiger partial charge < -0.3 is 9.26 Å². The molecule has 1 unspecified atom stereocenters. The zero-order valence-electron chi connectivity index (χ0n) is 11.9. The van der Waals surface area contributed by atoms with E-state index < -0.39 is 0 Å². The van der Waals surface area contributed by atoms with E-state index in [1.165, 1.54) is 19.3 Å². The Morgan fingerprint density at radius 2 is 2.33 bits per heavy atom. The summed E-state index contributed by atoms with van der Waals surface area (Å²) in [6.45, 7) is 3.34. The Bertz CT molecular complexity index is 580. The van der Waals surface area contributed by atoms with Crippen LogP contribution in [0.15, 0.2) is 22.0 Å². The van der Waals surface area contributed by atoms with Crippen LogP contribution < -0.4 is 0 Å². The highest BCUT2D eigenvalue weighted by atomic mass is 32.1. The average Bonchev–Trinajstić information content (AvgIpc) is 3.09. The Balaban J connectivity index is 1.46. The largest absolute Gasteiger partial charge is 0.378 e. The first-order valence-corrected chi connectivity index (χ1v) is 8.46. The minimum absolute atomic E-state index is 0.518. The molecule has 1 atom stereocenters. The van der Waals surface area contributed by atoms with Gasteiger partial charge in [0.15, 0.2) is 0 Å². The molecule has 3 heterocycles. The summed E-state index contributed by atoms with van der Waals surface area (Å²) in [5, 5.41) is 6.12. The highest BCUT2D eigenvalue weighted by molar-refractivity contribution is 7.13. The fraction of sp³-hybridized carbons (Fsp3) is 0.600. The van der Waals surface area contributed by atoms with E-state index in [1.807, 2.05) is 17.5 Å². The van der Waals surface area contributed by atoms with Gasteiger partial charge in [0, 0.05) is 12.6 Å². The summed E-state index contributed by atoms with van der Waals surface area (Å²) in [5.74, 6) is 2.20. The summed E-state index contributed by atoms with van der Waals surface area (Å²) in [6.07, 6.45) is 4.02. The van der Waals surface area contributed by atoms with E-state index in [2.05, 4.69) is 15.0 Å². The Kier molecular flexibility index (Phi) is 3.75. The number of hydrogen-bond donors (Lipinski definition) is 0. The van der Waals surface area contributed by atoms with Crippen LogP contribution in [0.25, 0.3) is 10.7 Å². The molecule has 2 aromatic heterocycles. The standard InChI is InChI=1S/C15H19N3O2S/c1-3-11(4-1)12-10-19-7-6-18(12)9-14-16-15(17-20-14)13-5-2-8-21-13/h2,5,8,11-12H,1,3-4,6-7,9-10H2. The van der Waals surface area contributed by atoms with Crippen molar-refractivity contribution in [1.29, 1.82) is 0 Å². The van der Waals surface area contributed by atoms with Gasteiger partial charge in [0.1, 0.15) is 0 Å². The van der Waals surface area contributed by atoms with E-state index in [0.29, 0.717) is 17.8 Å². The second-order valence-corrected chi connectivity index (χ2v) is 6.74. The van der Waals surface area contributed by atoms with Crippen LogP contribution >= 0.6 is 11.3 Å².